The molecule has 3 unspecified atom stereocenters. The van der Waals surface area contributed by atoms with Gasteiger partial charge in [-0.05, 0) is 36.3 Å². The normalized spacial score (nSPS) is 26.3. The number of piperidine rings is 1. The summed E-state index contributed by atoms with van der Waals surface area (Å²) in [4.78, 5) is 32.7. The molecule has 0 saturated carbocycles. The molecule has 0 aliphatic carbocycles. The molecule has 0 N–H and O–H groups in total. The van der Waals surface area contributed by atoms with Crippen molar-refractivity contribution < 1.29 is 9.59 Å². The lowest BCUT2D eigenvalue weighted by atomic mass is 9.94. The van der Waals surface area contributed by atoms with Gasteiger partial charge in [-0.3, -0.25) is 14.5 Å². The summed E-state index contributed by atoms with van der Waals surface area (Å²) in [5, 5.41) is 0. The molecule has 2 aromatic carbocycles. The van der Waals surface area contributed by atoms with Crippen molar-refractivity contribution in [2.75, 3.05) is 19.6 Å². The second kappa shape index (κ2) is 8.83. The van der Waals surface area contributed by atoms with E-state index in [2.05, 4.69) is 40.1 Å². The molecule has 2 bridgehead atoms. The van der Waals surface area contributed by atoms with Crippen LogP contribution >= 0.6 is 0 Å². The van der Waals surface area contributed by atoms with Crippen LogP contribution in [0, 0.1) is 5.92 Å². The van der Waals surface area contributed by atoms with E-state index in [4.69, 9.17) is 0 Å². The molecular weight excluding hydrogens is 386 g/mol. The van der Waals surface area contributed by atoms with E-state index >= 15 is 0 Å². The highest BCUT2D eigenvalue weighted by Crippen LogP contribution is 2.32. The minimum Gasteiger partial charge on any atom is -0.336 e. The third-order valence-corrected chi connectivity index (χ3v) is 7.13. The van der Waals surface area contributed by atoms with Gasteiger partial charge in [-0.15, -0.1) is 0 Å². The van der Waals surface area contributed by atoms with Crippen LogP contribution < -0.4 is 0 Å². The number of rotatable bonds is 5. The number of amides is 2. The molecule has 0 radical (unpaired) electrons. The fraction of sp³-hybridized carbons (Fsp3) is 0.462. The average Bonchev–Trinajstić information content (AvgIpc) is 2.95. The van der Waals surface area contributed by atoms with Crippen LogP contribution in [0.5, 0.6) is 0 Å². The first kappa shape index (κ1) is 20.3. The molecule has 5 nitrogen and oxygen atoms in total. The number of benzene rings is 2. The number of likely N-dealkylation sites (tertiary alicyclic amines) is 1. The Kier molecular flexibility index (Phi) is 5.77. The molecule has 4 fully saturated rings. The van der Waals surface area contributed by atoms with Crippen molar-refractivity contribution in [1.29, 1.82) is 0 Å². The van der Waals surface area contributed by atoms with Gasteiger partial charge >= 0.3 is 0 Å². The highest BCUT2D eigenvalue weighted by Gasteiger charge is 2.43. The van der Waals surface area contributed by atoms with Gasteiger partial charge in [0, 0.05) is 45.2 Å². The number of nitrogens with zero attached hydrogens (tertiary/aromatic N) is 3. The topological polar surface area (TPSA) is 43.9 Å². The maximum atomic E-state index is 13.7. The van der Waals surface area contributed by atoms with Crippen molar-refractivity contribution in [2.24, 2.45) is 5.92 Å². The first-order chi connectivity index (χ1) is 15.2. The third kappa shape index (κ3) is 4.38. The smallest absolute Gasteiger partial charge is 0.245 e. The molecule has 5 heteroatoms. The van der Waals surface area contributed by atoms with Crippen LogP contribution in [0.25, 0.3) is 0 Å². The maximum Gasteiger partial charge on any atom is 0.245 e. The fourth-order valence-corrected chi connectivity index (χ4v) is 5.58. The van der Waals surface area contributed by atoms with Crippen molar-refractivity contribution in [1.82, 2.24) is 14.7 Å². The van der Waals surface area contributed by atoms with E-state index in [9.17, 15) is 9.59 Å². The van der Waals surface area contributed by atoms with Crippen LogP contribution in [0.1, 0.15) is 36.8 Å². The minimum atomic E-state index is -0.311. The Morgan fingerprint density at radius 3 is 2.19 bits per heavy atom. The van der Waals surface area contributed by atoms with Gasteiger partial charge < -0.3 is 9.80 Å². The summed E-state index contributed by atoms with van der Waals surface area (Å²) in [7, 11) is 0. The van der Waals surface area contributed by atoms with Crippen molar-refractivity contribution in [3.63, 3.8) is 0 Å². The SMILES string of the molecule is O=C(C1CCC(=O)N1Cc1ccccc1)N1CC2CCC1CN(Cc1ccccc1)C2. The van der Waals surface area contributed by atoms with Gasteiger partial charge in [-0.1, -0.05) is 60.7 Å². The van der Waals surface area contributed by atoms with E-state index in [0.717, 1.165) is 38.2 Å². The Hall–Kier alpha value is -2.66. The Labute approximate surface area is 184 Å². The molecule has 31 heavy (non-hydrogen) atoms. The monoisotopic (exact) mass is 417 g/mol. The molecule has 4 heterocycles. The number of fused-ring (bicyclic) bond motifs is 4. The van der Waals surface area contributed by atoms with Gasteiger partial charge in [0.15, 0.2) is 0 Å². The number of carbonyl (C=O) groups excluding carboxylic acids is 2. The predicted molar refractivity (Wildman–Crippen MR) is 120 cm³/mol. The van der Waals surface area contributed by atoms with Gasteiger partial charge in [-0.25, -0.2) is 0 Å². The summed E-state index contributed by atoms with van der Waals surface area (Å²) in [6.07, 6.45) is 3.38. The van der Waals surface area contributed by atoms with Gasteiger partial charge in [0.05, 0.1) is 0 Å². The van der Waals surface area contributed by atoms with Crippen LogP contribution in [0.2, 0.25) is 0 Å². The molecule has 2 amide bonds. The Balaban J connectivity index is 1.29. The summed E-state index contributed by atoms with van der Waals surface area (Å²) in [5.74, 6) is 0.789. The van der Waals surface area contributed by atoms with Crippen molar-refractivity contribution in [3.05, 3.63) is 71.8 Å². The first-order valence-corrected chi connectivity index (χ1v) is 11.6. The molecule has 4 saturated heterocycles. The van der Waals surface area contributed by atoms with Crippen molar-refractivity contribution in [3.8, 4) is 0 Å². The summed E-state index contributed by atoms with van der Waals surface area (Å²) in [6, 6.07) is 20.6. The average molecular weight is 418 g/mol. The molecule has 3 atom stereocenters. The number of hydrogen-bond donors (Lipinski definition) is 0. The maximum absolute atomic E-state index is 13.7. The van der Waals surface area contributed by atoms with Crippen molar-refractivity contribution in [2.45, 2.75) is 50.9 Å². The molecular formula is C26H31N3O2. The van der Waals surface area contributed by atoms with E-state index in [1.54, 1.807) is 0 Å². The zero-order valence-corrected chi connectivity index (χ0v) is 18.0. The van der Waals surface area contributed by atoms with Gasteiger partial charge in [0.2, 0.25) is 11.8 Å². The van der Waals surface area contributed by atoms with Crippen molar-refractivity contribution >= 4 is 11.8 Å². The zero-order valence-electron chi connectivity index (χ0n) is 18.0. The summed E-state index contributed by atoms with van der Waals surface area (Å²) in [5.41, 5.74) is 2.42. The van der Waals surface area contributed by atoms with E-state index in [1.165, 1.54) is 12.0 Å². The standard InChI is InChI=1S/C26H31N3O2/c30-25-14-13-24(29(25)17-21-9-5-2-6-10-21)26(31)28-18-22-11-12-23(28)19-27(16-22)15-20-7-3-1-4-8-20/h1-10,22-24H,11-19H2. The summed E-state index contributed by atoms with van der Waals surface area (Å²) in [6.45, 7) is 4.28. The second-order valence-corrected chi connectivity index (χ2v) is 9.33. The quantitative estimate of drug-likeness (QED) is 0.750. The second-order valence-electron chi connectivity index (χ2n) is 9.33. The van der Waals surface area contributed by atoms with E-state index in [0.29, 0.717) is 25.3 Å². The van der Waals surface area contributed by atoms with Crippen LogP contribution in [-0.2, 0) is 22.7 Å². The summed E-state index contributed by atoms with van der Waals surface area (Å²) >= 11 is 0. The molecule has 162 valence electrons. The predicted octanol–water partition coefficient (Wildman–Crippen LogP) is 3.30. The minimum absolute atomic E-state index is 0.105. The Bertz CT molecular complexity index is 917. The van der Waals surface area contributed by atoms with E-state index in [1.807, 2.05) is 35.2 Å². The molecule has 4 aliphatic heterocycles. The Morgan fingerprint density at radius 1 is 0.806 bits per heavy atom. The van der Waals surface area contributed by atoms with Gasteiger partial charge in [-0.2, -0.15) is 0 Å². The van der Waals surface area contributed by atoms with Crippen LogP contribution in [0.4, 0.5) is 0 Å². The Morgan fingerprint density at radius 2 is 1.48 bits per heavy atom. The molecule has 4 aliphatic rings. The fourth-order valence-electron chi connectivity index (χ4n) is 5.58. The third-order valence-electron chi connectivity index (χ3n) is 7.13. The van der Waals surface area contributed by atoms with Crippen LogP contribution in [0.3, 0.4) is 0 Å². The largest absolute Gasteiger partial charge is 0.336 e. The van der Waals surface area contributed by atoms with Gasteiger partial charge in [0.25, 0.3) is 0 Å². The number of carbonyl (C=O) groups is 2. The zero-order chi connectivity index (χ0) is 21.2. The van der Waals surface area contributed by atoms with Crippen LogP contribution in [-0.4, -0.2) is 58.2 Å². The highest BCUT2D eigenvalue weighted by molar-refractivity contribution is 5.91. The molecule has 6 rings (SSSR count). The molecule has 0 aromatic heterocycles. The lowest BCUT2D eigenvalue weighted by molar-refractivity contribution is -0.144. The lowest BCUT2D eigenvalue weighted by Crippen LogP contribution is -2.54. The van der Waals surface area contributed by atoms with Gasteiger partial charge in [0.1, 0.15) is 6.04 Å². The summed E-state index contributed by atoms with van der Waals surface area (Å²) < 4.78 is 0. The first-order valence-electron chi connectivity index (χ1n) is 11.6. The highest BCUT2D eigenvalue weighted by atomic mass is 16.2. The number of hydrogen-bond acceptors (Lipinski definition) is 3. The van der Waals surface area contributed by atoms with E-state index in [-0.39, 0.29) is 23.9 Å². The van der Waals surface area contributed by atoms with Crippen LogP contribution in [0.15, 0.2) is 60.7 Å². The lowest BCUT2D eigenvalue weighted by Gasteiger charge is -2.39. The van der Waals surface area contributed by atoms with E-state index < -0.39 is 0 Å². The molecule has 2 aromatic rings. The molecule has 0 spiro atoms.